The molecule has 1 atom stereocenters. The molecule has 4 heteroatoms. The molecule has 0 amide bonds. The molecule has 0 saturated carbocycles. The smallest absolute Gasteiger partial charge is 0.138 e. The van der Waals surface area contributed by atoms with E-state index in [1.165, 1.54) is 11.1 Å². The van der Waals surface area contributed by atoms with Gasteiger partial charge in [0.05, 0.1) is 30.9 Å². The molecule has 3 rings (SSSR count). The summed E-state index contributed by atoms with van der Waals surface area (Å²) in [5.74, 6) is 0.869. The van der Waals surface area contributed by atoms with Gasteiger partial charge in [-0.05, 0) is 31.0 Å². The normalized spacial score (nSPS) is 20.9. The molecule has 2 aromatic rings. The van der Waals surface area contributed by atoms with Crippen LogP contribution >= 0.6 is 0 Å². The highest BCUT2D eigenvalue weighted by atomic mass is 16.6. The van der Waals surface area contributed by atoms with Crippen LogP contribution < -0.4 is 0 Å². The summed E-state index contributed by atoms with van der Waals surface area (Å²) >= 11 is 0. The maximum atomic E-state index is 5.64. The number of rotatable bonds is 1. The van der Waals surface area contributed by atoms with Crippen molar-refractivity contribution in [1.82, 2.24) is 9.97 Å². The van der Waals surface area contributed by atoms with E-state index in [9.17, 15) is 0 Å². The fourth-order valence-electron chi connectivity index (χ4n) is 2.29. The highest BCUT2D eigenvalue weighted by Gasteiger charge is 2.20. The van der Waals surface area contributed by atoms with Gasteiger partial charge in [-0.15, -0.1) is 0 Å². The van der Waals surface area contributed by atoms with Crippen molar-refractivity contribution >= 4 is 11.0 Å². The van der Waals surface area contributed by atoms with Crippen LogP contribution in [-0.2, 0) is 9.47 Å². The van der Waals surface area contributed by atoms with Crippen molar-refractivity contribution in [1.29, 1.82) is 0 Å². The van der Waals surface area contributed by atoms with E-state index < -0.39 is 0 Å². The molecule has 1 saturated heterocycles. The number of aromatic amines is 1. The number of nitrogens with zero attached hydrogens (tertiary/aromatic N) is 1. The van der Waals surface area contributed by atoms with E-state index in [0.717, 1.165) is 16.9 Å². The highest BCUT2D eigenvalue weighted by Crippen LogP contribution is 2.24. The van der Waals surface area contributed by atoms with Gasteiger partial charge >= 0.3 is 0 Å². The molecule has 1 N–H and O–H groups in total. The van der Waals surface area contributed by atoms with Gasteiger partial charge in [-0.25, -0.2) is 4.98 Å². The first-order valence-corrected chi connectivity index (χ1v) is 5.90. The highest BCUT2D eigenvalue weighted by molar-refractivity contribution is 5.79. The summed E-state index contributed by atoms with van der Waals surface area (Å²) in [4.78, 5) is 7.95. The lowest BCUT2D eigenvalue weighted by Crippen LogP contribution is -2.22. The fraction of sp³-hybridized carbons (Fsp3) is 0.462. The molecule has 0 bridgehead atoms. The molecule has 17 heavy (non-hydrogen) atoms. The minimum Gasteiger partial charge on any atom is -0.376 e. The fourth-order valence-corrected chi connectivity index (χ4v) is 2.29. The maximum Gasteiger partial charge on any atom is 0.138 e. The van der Waals surface area contributed by atoms with E-state index in [1.807, 2.05) is 0 Å². The molecule has 0 aliphatic carbocycles. The number of fused-ring (bicyclic) bond motifs is 1. The number of hydrogen-bond donors (Lipinski definition) is 1. The van der Waals surface area contributed by atoms with Crippen molar-refractivity contribution in [2.75, 3.05) is 19.8 Å². The zero-order valence-corrected chi connectivity index (χ0v) is 10.1. The first-order valence-electron chi connectivity index (χ1n) is 5.90. The summed E-state index contributed by atoms with van der Waals surface area (Å²) in [5.41, 5.74) is 4.54. The topological polar surface area (TPSA) is 47.1 Å². The van der Waals surface area contributed by atoms with Gasteiger partial charge in [0.2, 0.25) is 0 Å². The summed E-state index contributed by atoms with van der Waals surface area (Å²) in [5, 5.41) is 0. The Morgan fingerprint density at radius 1 is 1.29 bits per heavy atom. The second-order valence-corrected chi connectivity index (χ2v) is 4.53. The minimum absolute atomic E-state index is 0.0594. The van der Waals surface area contributed by atoms with Crippen LogP contribution in [0.1, 0.15) is 23.1 Å². The van der Waals surface area contributed by atoms with Crippen LogP contribution in [0.3, 0.4) is 0 Å². The van der Waals surface area contributed by atoms with Crippen LogP contribution in [0.15, 0.2) is 12.1 Å². The molecule has 1 aromatic carbocycles. The van der Waals surface area contributed by atoms with Crippen LogP contribution in [0.25, 0.3) is 11.0 Å². The van der Waals surface area contributed by atoms with Crippen molar-refractivity contribution in [2.45, 2.75) is 20.0 Å². The number of imidazole rings is 1. The summed E-state index contributed by atoms with van der Waals surface area (Å²) in [6, 6.07) is 4.26. The number of hydrogen-bond acceptors (Lipinski definition) is 3. The van der Waals surface area contributed by atoms with Gasteiger partial charge in [-0.2, -0.15) is 0 Å². The van der Waals surface area contributed by atoms with Gasteiger partial charge in [0.15, 0.2) is 0 Å². The van der Waals surface area contributed by atoms with Crippen molar-refractivity contribution in [3.8, 4) is 0 Å². The summed E-state index contributed by atoms with van der Waals surface area (Å²) in [7, 11) is 0. The third-order valence-electron chi connectivity index (χ3n) is 3.06. The van der Waals surface area contributed by atoms with Gasteiger partial charge in [0.1, 0.15) is 11.9 Å². The SMILES string of the molecule is Cc1cc(C)c2nc([C@@H]3COCCO3)[nH]c2c1. The standard InChI is InChI=1S/C13H16N2O2/c1-8-5-9(2)12-10(6-8)14-13(15-12)11-7-16-3-4-17-11/h5-6,11H,3-4,7H2,1-2H3,(H,14,15)/t11-/m0/s1. The molecule has 0 radical (unpaired) electrons. The summed E-state index contributed by atoms with van der Waals surface area (Å²) in [6.07, 6.45) is -0.0594. The Labute approximate surface area is 100.0 Å². The molecule has 90 valence electrons. The Balaban J connectivity index is 2.03. The Morgan fingerprint density at radius 3 is 2.94 bits per heavy atom. The molecule has 0 unspecified atom stereocenters. The van der Waals surface area contributed by atoms with Crippen LogP contribution in [0.2, 0.25) is 0 Å². The number of aromatic nitrogens is 2. The molecular weight excluding hydrogens is 216 g/mol. The third-order valence-corrected chi connectivity index (χ3v) is 3.06. The Kier molecular flexibility index (Phi) is 2.61. The minimum atomic E-state index is -0.0594. The van der Waals surface area contributed by atoms with Crippen LogP contribution in [0.5, 0.6) is 0 Å². The number of nitrogens with one attached hydrogen (secondary N) is 1. The van der Waals surface area contributed by atoms with Crippen LogP contribution in [0.4, 0.5) is 0 Å². The van der Waals surface area contributed by atoms with Gasteiger partial charge in [-0.1, -0.05) is 6.07 Å². The Bertz CT molecular complexity index is 542. The van der Waals surface area contributed by atoms with Gasteiger partial charge in [0.25, 0.3) is 0 Å². The van der Waals surface area contributed by atoms with Crippen molar-refractivity contribution in [3.05, 3.63) is 29.1 Å². The van der Waals surface area contributed by atoms with E-state index in [-0.39, 0.29) is 6.10 Å². The lowest BCUT2D eigenvalue weighted by molar-refractivity contribution is -0.0931. The number of aryl methyl sites for hydroxylation is 2. The van der Waals surface area contributed by atoms with E-state index in [1.54, 1.807) is 0 Å². The quantitative estimate of drug-likeness (QED) is 0.820. The summed E-state index contributed by atoms with van der Waals surface area (Å²) in [6.45, 7) is 6.07. The average molecular weight is 232 g/mol. The zero-order chi connectivity index (χ0) is 11.8. The van der Waals surface area contributed by atoms with Gasteiger partial charge in [-0.3, -0.25) is 0 Å². The lowest BCUT2D eigenvalue weighted by atomic mass is 10.1. The van der Waals surface area contributed by atoms with Gasteiger partial charge in [0, 0.05) is 0 Å². The van der Waals surface area contributed by atoms with Crippen molar-refractivity contribution in [2.24, 2.45) is 0 Å². The van der Waals surface area contributed by atoms with Crippen molar-refractivity contribution in [3.63, 3.8) is 0 Å². The Hall–Kier alpha value is -1.39. The molecule has 1 aromatic heterocycles. The second-order valence-electron chi connectivity index (χ2n) is 4.53. The molecule has 2 heterocycles. The molecule has 4 nitrogen and oxygen atoms in total. The van der Waals surface area contributed by atoms with Gasteiger partial charge < -0.3 is 14.5 Å². The predicted octanol–water partition coefficient (Wildman–Crippen LogP) is 2.27. The molecule has 0 spiro atoms. The average Bonchev–Trinajstić information content (AvgIpc) is 2.74. The van der Waals surface area contributed by atoms with Crippen LogP contribution in [0, 0.1) is 13.8 Å². The zero-order valence-electron chi connectivity index (χ0n) is 10.1. The second kappa shape index (κ2) is 4.13. The Morgan fingerprint density at radius 2 is 2.18 bits per heavy atom. The molecular formula is C13H16N2O2. The first-order chi connectivity index (χ1) is 8.24. The largest absolute Gasteiger partial charge is 0.376 e. The summed E-state index contributed by atoms with van der Waals surface area (Å²) < 4.78 is 11.0. The molecule has 1 fully saturated rings. The monoisotopic (exact) mass is 232 g/mol. The molecule has 1 aliphatic heterocycles. The predicted molar refractivity (Wildman–Crippen MR) is 65.1 cm³/mol. The number of H-pyrrole nitrogens is 1. The van der Waals surface area contributed by atoms with Crippen LogP contribution in [-0.4, -0.2) is 29.8 Å². The molecule has 1 aliphatic rings. The number of benzene rings is 1. The van der Waals surface area contributed by atoms with E-state index in [4.69, 9.17) is 9.47 Å². The lowest BCUT2D eigenvalue weighted by Gasteiger charge is -2.20. The maximum absolute atomic E-state index is 5.64. The first kappa shape index (κ1) is 10.7. The van der Waals surface area contributed by atoms with E-state index in [2.05, 4.69) is 35.9 Å². The van der Waals surface area contributed by atoms with E-state index >= 15 is 0 Å². The van der Waals surface area contributed by atoms with Crippen molar-refractivity contribution < 1.29 is 9.47 Å². The van der Waals surface area contributed by atoms with E-state index in [0.29, 0.717) is 19.8 Å². The number of ether oxygens (including phenoxy) is 2. The third kappa shape index (κ3) is 1.94.